The van der Waals surface area contributed by atoms with Gasteiger partial charge in [0.1, 0.15) is 0 Å². The largest absolute Gasteiger partial charge is 0.370 e. The highest BCUT2D eigenvalue weighted by Crippen LogP contribution is 2.25. The number of carbonyl (C=O) groups excluding carboxylic acids is 2. The van der Waals surface area contributed by atoms with Crippen LogP contribution in [0.25, 0.3) is 0 Å². The number of carbonyl (C=O) groups is 2. The van der Waals surface area contributed by atoms with E-state index < -0.39 is 0 Å². The summed E-state index contributed by atoms with van der Waals surface area (Å²) in [6.45, 7) is 2.69. The van der Waals surface area contributed by atoms with E-state index in [0.717, 1.165) is 31.6 Å². The molecule has 1 saturated heterocycles. The smallest absolute Gasteiger partial charge is 0.235 e. The zero-order chi connectivity index (χ0) is 15.9. The number of nitrogens with two attached hydrogens (primary N) is 1. The Hall–Kier alpha value is -1.49. The number of hydrogen-bond donors (Lipinski definition) is 1. The molecule has 1 aromatic carbocycles. The molecule has 120 valence electrons. The second-order valence-electron chi connectivity index (χ2n) is 5.79. The molecule has 2 rings (SSSR count). The number of benzene rings is 1. The Balaban J connectivity index is 1.91. The van der Waals surface area contributed by atoms with Crippen molar-refractivity contribution in [2.24, 2.45) is 5.73 Å². The van der Waals surface area contributed by atoms with Gasteiger partial charge in [-0.2, -0.15) is 0 Å². The highest BCUT2D eigenvalue weighted by Gasteiger charge is 2.30. The van der Waals surface area contributed by atoms with Crippen molar-refractivity contribution in [2.75, 3.05) is 6.54 Å². The molecular formula is C17H24N2O2S. The third kappa shape index (κ3) is 4.77. The number of thioether (sulfide) groups is 1. The standard InChI is InChI=1S/C17H24N2O2S/c1-13(22-12-14-7-3-2-4-8-14)17(21)19-10-6-5-9-15(19)11-16(18)20/h2-4,7-8,13,15H,5-6,9-12H2,1H3,(H2,18,20). The molecule has 4 nitrogen and oxygen atoms in total. The quantitative estimate of drug-likeness (QED) is 0.876. The summed E-state index contributed by atoms with van der Waals surface area (Å²) in [5.41, 5.74) is 6.54. The summed E-state index contributed by atoms with van der Waals surface area (Å²) >= 11 is 1.64. The summed E-state index contributed by atoms with van der Waals surface area (Å²) in [6.07, 6.45) is 3.23. The van der Waals surface area contributed by atoms with Crippen LogP contribution in [0.5, 0.6) is 0 Å². The van der Waals surface area contributed by atoms with Crippen molar-refractivity contribution in [3.8, 4) is 0 Å². The second-order valence-corrected chi connectivity index (χ2v) is 7.12. The van der Waals surface area contributed by atoms with E-state index in [9.17, 15) is 9.59 Å². The van der Waals surface area contributed by atoms with Crippen LogP contribution >= 0.6 is 11.8 Å². The first-order chi connectivity index (χ1) is 10.6. The number of hydrogen-bond acceptors (Lipinski definition) is 3. The first kappa shape index (κ1) is 16.9. The van der Waals surface area contributed by atoms with Crippen molar-refractivity contribution < 1.29 is 9.59 Å². The van der Waals surface area contributed by atoms with Gasteiger partial charge in [-0.15, -0.1) is 11.8 Å². The summed E-state index contributed by atoms with van der Waals surface area (Å²) in [5, 5.41) is -0.103. The molecule has 1 fully saturated rings. The van der Waals surface area contributed by atoms with E-state index in [2.05, 4.69) is 12.1 Å². The molecule has 22 heavy (non-hydrogen) atoms. The van der Waals surface area contributed by atoms with Gasteiger partial charge < -0.3 is 10.6 Å². The van der Waals surface area contributed by atoms with Crippen LogP contribution in [0.15, 0.2) is 30.3 Å². The van der Waals surface area contributed by atoms with Crippen molar-refractivity contribution in [3.63, 3.8) is 0 Å². The molecule has 5 heteroatoms. The maximum Gasteiger partial charge on any atom is 0.235 e. The zero-order valence-corrected chi connectivity index (χ0v) is 13.8. The van der Waals surface area contributed by atoms with Gasteiger partial charge in [0.25, 0.3) is 0 Å². The number of piperidine rings is 1. The fourth-order valence-electron chi connectivity index (χ4n) is 2.84. The van der Waals surface area contributed by atoms with Crippen LogP contribution < -0.4 is 5.73 Å². The fourth-order valence-corrected chi connectivity index (χ4v) is 3.75. The molecule has 0 aromatic heterocycles. The van der Waals surface area contributed by atoms with Gasteiger partial charge in [-0.3, -0.25) is 9.59 Å². The minimum absolute atomic E-state index is 0.0153. The Morgan fingerprint density at radius 1 is 1.32 bits per heavy atom. The summed E-state index contributed by atoms with van der Waals surface area (Å²) < 4.78 is 0. The molecule has 2 N–H and O–H groups in total. The van der Waals surface area contributed by atoms with Gasteiger partial charge >= 0.3 is 0 Å². The van der Waals surface area contributed by atoms with Crippen molar-refractivity contribution in [2.45, 2.75) is 49.7 Å². The molecular weight excluding hydrogens is 296 g/mol. The minimum atomic E-state index is -0.325. The first-order valence-electron chi connectivity index (χ1n) is 7.82. The molecule has 2 unspecified atom stereocenters. The molecule has 1 aliphatic rings. The van der Waals surface area contributed by atoms with Crippen LogP contribution in [0.3, 0.4) is 0 Å². The highest BCUT2D eigenvalue weighted by molar-refractivity contribution is 7.99. The molecule has 0 spiro atoms. The van der Waals surface area contributed by atoms with Crippen molar-refractivity contribution in [3.05, 3.63) is 35.9 Å². The van der Waals surface area contributed by atoms with Crippen LogP contribution in [0.1, 0.15) is 38.2 Å². The van der Waals surface area contributed by atoms with Gasteiger partial charge in [-0.1, -0.05) is 30.3 Å². The summed E-state index contributed by atoms with van der Waals surface area (Å²) in [6, 6.07) is 10.1. The monoisotopic (exact) mass is 320 g/mol. The van der Waals surface area contributed by atoms with E-state index in [-0.39, 0.29) is 29.5 Å². The first-order valence-corrected chi connectivity index (χ1v) is 8.87. The molecule has 0 saturated carbocycles. The van der Waals surface area contributed by atoms with Gasteiger partial charge in [0.2, 0.25) is 11.8 Å². The third-order valence-electron chi connectivity index (χ3n) is 4.04. The van der Waals surface area contributed by atoms with E-state index in [0.29, 0.717) is 0 Å². The van der Waals surface area contributed by atoms with E-state index in [1.807, 2.05) is 30.0 Å². The zero-order valence-electron chi connectivity index (χ0n) is 13.0. The van der Waals surface area contributed by atoms with Gasteiger partial charge in [0.05, 0.1) is 5.25 Å². The topological polar surface area (TPSA) is 63.4 Å². The van der Waals surface area contributed by atoms with Crippen LogP contribution in [0.2, 0.25) is 0 Å². The lowest BCUT2D eigenvalue weighted by molar-refractivity contribution is -0.135. The third-order valence-corrected chi connectivity index (χ3v) is 5.24. The SMILES string of the molecule is CC(SCc1ccccc1)C(=O)N1CCCCC1CC(N)=O. The van der Waals surface area contributed by atoms with Gasteiger partial charge in [0.15, 0.2) is 0 Å². The van der Waals surface area contributed by atoms with Gasteiger partial charge in [0, 0.05) is 24.8 Å². The molecule has 1 aliphatic heterocycles. The number of primary amides is 1. The molecule has 2 atom stereocenters. The summed E-state index contributed by atoms with van der Waals surface area (Å²) in [7, 11) is 0. The second kappa shape index (κ2) is 8.22. The van der Waals surface area contributed by atoms with E-state index >= 15 is 0 Å². The summed E-state index contributed by atoms with van der Waals surface area (Å²) in [4.78, 5) is 25.7. The molecule has 0 bridgehead atoms. The Morgan fingerprint density at radius 3 is 2.73 bits per heavy atom. The number of rotatable bonds is 6. The lowest BCUT2D eigenvalue weighted by atomic mass is 9.98. The number of nitrogens with zero attached hydrogens (tertiary/aromatic N) is 1. The predicted molar refractivity (Wildman–Crippen MR) is 90.4 cm³/mol. The molecule has 0 aliphatic carbocycles. The Labute approximate surface area is 136 Å². The maximum atomic E-state index is 12.7. The van der Waals surface area contributed by atoms with Crippen molar-refractivity contribution in [1.82, 2.24) is 4.90 Å². The van der Waals surface area contributed by atoms with E-state index in [4.69, 9.17) is 5.73 Å². The van der Waals surface area contributed by atoms with Gasteiger partial charge in [-0.25, -0.2) is 0 Å². The molecule has 1 heterocycles. The van der Waals surface area contributed by atoms with E-state index in [1.54, 1.807) is 11.8 Å². The molecule has 2 amide bonds. The fraction of sp³-hybridized carbons (Fsp3) is 0.529. The Bertz CT molecular complexity index is 507. The average molecular weight is 320 g/mol. The molecule has 1 aromatic rings. The van der Waals surface area contributed by atoms with Crippen molar-refractivity contribution >= 4 is 23.6 Å². The normalized spacial score (nSPS) is 19.7. The number of amides is 2. The van der Waals surface area contributed by atoms with E-state index in [1.165, 1.54) is 5.56 Å². The average Bonchev–Trinajstić information content (AvgIpc) is 2.53. The maximum absolute atomic E-state index is 12.7. The summed E-state index contributed by atoms with van der Waals surface area (Å²) in [5.74, 6) is 0.628. The Morgan fingerprint density at radius 2 is 2.05 bits per heavy atom. The van der Waals surface area contributed by atoms with Crippen LogP contribution in [0.4, 0.5) is 0 Å². The van der Waals surface area contributed by atoms with Crippen LogP contribution in [0, 0.1) is 0 Å². The van der Waals surface area contributed by atoms with Gasteiger partial charge in [-0.05, 0) is 31.7 Å². The minimum Gasteiger partial charge on any atom is -0.370 e. The lowest BCUT2D eigenvalue weighted by Gasteiger charge is -2.36. The van der Waals surface area contributed by atoms with Crippen LogP contribution in [-0.4, -0.2) is 34.6 Å². The highest BCUT2D eigenvalue weighted by atomic mass is 32.2. The number of likely N-dealkylation sites (tertiary alicyclic amines) is 1. The predicted octanol–water partition coefficient (Wildman–Crippen LogP) is 2.56. The lowest BCUT2D eigenvalue weighted by Crippen LogP contribution is -2.48. The molecule has 0 radical (unpaired) electrons. The van der Waals surface area contributed by atoms with Crippen molar-refractivity contribution in [1.29, 1.82) is 0 Å². The Kier molecular flexibility index (Phi) is 6.31. The van der Waals surface area contributed by atoms with Crippen LogP contribution in [-0.2, 0) is 15.3 Å².